The van der Waals surface area contributed by atoms with Crippen LogP contribution in [0.4, 0.5) is 11.4 Å². The van der Waals surface area contributed by atoms with Crippen molar-refractivity contribution >= 4 is 23.2 Å². The quantitative estimate of drug-likeness (QED) is 0.926. The molecule has 2 heterocycles. The number of carbonyl (C=O) groups excluding carboxylic acids is 2. The second kappa shape index (κ2) is 6.96. The summed E-state index contributed by atoms with van der Waals surface area (Å²) in [4.78, 5) is 26.5. The predicted molar refractivity (Wildman–Crippen MR) is 95.1 cm³/mol. The molecule has 7 heteroatoms. The van der Waals surface area contributed by atoms with Crippen LogP contribution in [0.1, 0.15) is 35.2 Å². The van der Waals surface area contributed by atoms with Crippen LogP contribution in [0.5, 0.6) is 5.88 Å². The van der Waals surface area contributed by atoms with Crippen LogP contribution in [0.3, 0.4) is 0 Å². The van der Waals surface area contributed by atoms with Crippen LogP contribution in [-0.2, 0) is 11.8 Å². The van der Waals surface area contributed by atoms with Gasteiger partial charge in [-0.15, -0.1) is 5.10 Å². The lowest BCUT2D eigenvalue weighted by molar-refractivity contribution is -0.119. The molecule has 0 aliphatic carbocycles. The van der Waals surface area contributed by atoms with Crippen LogP contribution in [0.25, 0.3) is 0 Å². The molecule has 0 radical (unpaired) electrons. The number of piperidine rings is 1. The summed E-state index contributed by atoms with van der Waals surface area (Å²) in [5.41, 5.74) is 2.85. The normalized spacial score (nSPS) is 14.5. The third-order valence-corrected chi connectivity index (χ3v) is 4.31. The van der Waals surface area contributed by atoms with Crippen LogP contribution in [-0.4, -0.2) is 35.2 Å². The molecule has 0 atom stereocenters. The highest BCUT2D eigenvalue weighted by Gasteiger charge is 2.22. The first kappa shape index (κ1) is 17.0. The standard InChI is InChI=1S/C18H22N4O3/c1-12-7-8-13(10-15(12)22-9-5-4-6-16(22)23)19-17(24)14-11-21(2)20-18(14)25-3/h7-8,10-11H,4-6,9H2,1-3H3,(H,19,24). The minimum absolute atomic E-state index is 0.131. The summed E-state index contributed by atoms with van der Waals surface area (Å²) >= 11 is 0. The smallest absolute Gasteiger partial charge is 0.262 e. The average Bonchev–Trinajstić information content (AvgIpc) is 2.98. The van der Waals surface area contributed by atoms with Gasteiger partial charge in [-0.3, -0.25) is 14.3 Å². The molecule has 1 fully saturated rings. The third-order valence-electron chi connectivity index (χ3n) is 4.31. The highest BCUT2D eigenvalue weighted by atomic mass is 16.5. The van der Waals surface area contributed by atoms with Gasteiger partial charge in [0, 0.05) is 37.6 Å². The van der Waals surface area contributed by atoms with Crippen molar-refractivity contribution in [1.29, 1.82) is 0 Å². The van der Waals surface area contributed by atoms with E-state index in [1.807, 2.05) is 25.1 Å². The second-order valence-corrected chi connectivity index (χ2v) is 6.18. The largest absolute Gasteiger partial charge is 0.479 e. The number of ether oxygens (including phenoxy) is 1. The van der Waals surface area contributed by atoms with Crippen LogP contribution in [0, 0.1) is 6.92 Å². The van der Waals surface area contributed by atoms with Gasteiger partial charge in [-0.05, 0) is 37.5 Å². The van der Waals surface area contributed by atoms with Crippen LogP contribution >= 0.6 is 0 Å². The predicted octanol–water partition coefficient (Wildman–Crippen LogP) is 2.51. The number of amides is 2. The molecule has 1 aliphatic rings. The number of aryl methyl sites for hydroxylation is 2. The molecular weight excluding hydrogens is 320 g/mol. The highest BCUT2D eigenvalue weighted by Crippen LogP contribution is 2.28. The summed E-state index contributed by atoms with van der Waals surface area (Å²) < 4.78 is 6.66. The Morgan fingerprint density at radius 1 is 1.32 bits per heavy atom. The molecule has 0 bridgehead atoms. The average molecular weight is 342 g/mol. The third kappa shape index (κ3) is 3.50. The maximum Gasteiger partial charge on any atom is 0.262 e. The van der Waals surface area contributed by atoms with Gasteiger partial charge in [-0.2, -0.15) is 0 Å². The fraction of sp³-hybridized carbons (Fsp3) is 0.389. The summed E-state index contributed by atoms with van der Waals surface area (Å²) in [6, 6.07) is 5.58. The number of benzene rings is 1. The molecule has 1 saturated heterocycles. The number of nitrogens with zero attached hydrogens (tertiary/aromatic N) is 3. The van der Waals surface area contributed by atoms with Gasteiger partial charge in [0.2, 0.25) is 11.8 Å². The first-order valence-electron chi connectivity index (χ1n) is 8.29. The number of carbonyl (C=O) groups is 2. The number of nitrogens with one attached hydrogen (secondary N) is 1. The van der Waals surface area contributed by atoms with Crippen LogP contribution < -0.4 is 15.0 Å². The lowest BCUT2D eigenvalue weighted by Gasteiger charge is -2.28. The highest BCUT2D eigenvalue weighted by molar-refractivity contribution is 6.06. The molecule has 2 aromatic rings. The molecule has 2 amide bonds. The zero-order valence-corrected chi connectivity index (χ0v) is 14.7. The molecule has 0 unspecified atom stereocenters. The first-order chi connectivity index (χ1) is 12.0. The zero-order chi connectivity index (χ0) is 18.0. The van der Waals surface area contributed by atoms with Gasteiger partial charge in [0.05, 0.1) is 7.11 Å². The van der Waals surface area contributed by atoms with Crippen molar-refractivity contribution < 1.29 is 14.3 Å². The number of methoxy groups -OCH3 is 1. The molecule has 1 N–H and O–H groups in total. The maximum atomic E-state index is 12.5. The van der Waals surface area contributed by atoms with E-state index in [9.17, 15) is 9.59 Å². The molecule has 0 spiro atoms. The Kier molecular flexibility index (Phi) is 4.74. The summed E-state index contributed by atoms with van der Waals surface area (Å²) in [5, 5.41) is 6.95. The summed E-state index contributed by atoms with van der Waals surface area (Å²) in [6.45, 7) is 2.68. The Balaban J connectivity index is 1.84. The minimum atomic E-state index is -0.301. The van der Waals surface area contributed by atoms with Gasteiger partial charge in [-0.25, -0.2) is 0 Å². The van der Waals surface area contributed by atoms with E-state index in [2.05, 4.69) is 10.4 Å². The fourth-order valence-electron chi connectivity index (χ4n) is 3.01. The Labute approximate surface area is 146 Å². The van der Waals surface area contributed by atoms with Gasteiger partial charge in [0.1, 0.15) is 5.56 Å². The summed E-state index contributed by atoms with van der Waals surface area (Å²) in [7, 11) is 3.20. The Morgan fingerprint density at radius 2 is 2.12 bits per heavy atom. The maximum absolute atomic E-state index is 12.5. The van der Waals surface area contributed by atoms with Gasteiger partial charge < -0.3 is 15.0 Å². The van der Waals surface area contributed by atoms with E-state index in [4.69, 9.17) is 4.74 Å². The topological polar surface area (TPSA) is 76.5 Å². The van der Waals surface area contributed by atoms with Crippen molar-refractivity contribution in [3.63, 3.8) is 0 Å². The van der Waals surface area contributed by atoms with E-state index >= 15 is 0 Å². The Bertz CT molecular complexity index is 813. The molecule has 1 aliphatic heterocycles. The Morgan fingerprint density at radius 3 is 2.84 bits per heavy atom. The molecule has 1 aromatic heterocycles. The number of aromatic nitrogens is 2. The second-order valence-electron chi connectivity index (χ2n) is 6.18. The minimum Gasteiger partial charge on any atom is -0.479 e. The van der Waals surface area contributed by atoms with Gasteiger partial charge in [0.15, 0.2) is 0 Å². The summed E-state index contributed by atoms with van der Waals surface area (Å²) in [6.07, 6.45) is 4.11. The van der Waals surface area contributed by atoms with Crippen molar-refractivity contribution in [3.05, 3.63) is 35.5 Å². The van der Waals surface area contributed by atoms with Crippen molar-refractivity contribution in [2.24, 2.45) is 7.05 Å². The first-order valence-corrected chi connectivity index (χ1v) is 8.29. The monoisotopic (exact) mass is 342 g/mol. The number of hydrogen-bond acceptors (Lipinski definition) is 4. The van der Waals surface area contributed by atoms with Crippen LogP contribution in [0.15, 0.2) is 24.4 Å². The van der Waals surface area contributed by atoms with Crippen molar-refractivity contribution in [3.8, 4) is 5.88 Å². The molecule has 25 heavy (non-hydrogen) atoms. The molecule has 7 nitrogen and oxygen atoms in total. The van der Waals surface area contributed by atoms with E-state index < -0.39 is 0 Å². The van der Waals surface area contributed by atoms with Gasteiger partial charge >= 0.3 is 0 Å². The lowest BCUT2D eigenvalue weighted by Crippen LogP contribution is -2.35. The number of hydrogen-bond donors (Lipinski definition) is 1. The van der Waals surface area contributed by atoms with Gasteiger partial charge in [-0.1, -0.05) is 6.07 Å². The fourth-order valence-corrected chi connectivity index (χ4v) is 3.01. The van der Waals surface area contributed by atoms with E-state index in [0.29, 0.717) is 24.2 Å². The SMILES string of the molecule is COc1nn(C)cc1C(=O)Nc1ccc(C)c(N2CCCCC2=O)c1. The van der Waals surface area contributed by atoms with Crippen LogP contribution in [0.2, 0.25) is 0 Å². The molecular formula is C18H22N4O3. The zero-order valence-electron chi connectivity index (χ0n) is 14.7. The van der Waals surface area contributed by atoms with Crippen molar-refractivity contribution in [2.45, 2.75) is 26.2 Å². The Hall–Kier alpha value is -2.83. The summed E-state index contributed by atoms with van der Waals surface area (Å²) in [5.74, 6) is 0.107. The van der Waals surface area contributed by atoms with Crippen molar-refractivity contribution in [1.82, 2.24) is 9.78 Å². The lowest BCUT2D eigenvalue weighted by atomic mass is 10.1. The van der Waals surface area contributed by atoms with Crippen molar-refractivity contribution in [2.75, 3.05) is 23.9 Å². The van der Waals surface area contributed by atoms with E-state index in [1.165, 1.54) is 11.8 Å². The number of rotatable bonds is 4. The number of anilines is 2. The molecule has 0 saturated carbocycles. The van der Waals surface area contributed by atoms with E-state index in [0.717, 1.165) is 24.1 Å². The molecule has 3 rings (SSSR count). The van der Waals surface area contributed by atoms with E-state index in [1.54, 1.807) is 18.1 Å². The molecule has 132 valence electrons. The van der Waals surface area contributed by atoms with E-state index in [-0.39, 0.29) is 17.7 Å². The van der Waals surface area contributed by atoms with Gasteiger partial charge in [0.25, 0.3) is 5.91 Å². The molecule has 1 aromatic carbocycles.